The Hall–Kier alpha value is -3.71. The van der Waals surface area contributed by atoms with E-state index in [2.05, 4.69) is 15.5 Å². The van der Waals surface area contributed by atoms with Crippen molar-refractivity contribution < 1.29 is 38.1 Å². The van der Waals surface area contributed by atoms with Crippen molar-refractivity contribution >= 4 is 35.1 Å². The summed E-state index contributed by atoms with van der Waals surface area (Å²) in [6.07, 6.45) is -0.256. The fourth-order valence-corrected chi connectivity index (χ4v) is 4.99. The summed E-state index contributed by atoms with van der Waals surface area (Å²) in [7, 11) is 1.21. The van der Waals surface area contributed by atoms with Crippen LogP contribution >= 0.6 is 11.6 Å². The number of halogens is 2. The minimum Gasteiger partial charge on any atom is -0.493 e. The Kier molecular flexibility index (Phi) is 10.7. The van der Waals surface area contributed by atoms with Gasteiger partial charge in [-0.05, 0) is 30.7 Å². The monoisotopic (exact) mass is 604 g/mol. The van der Waals surface area contributed by atoms with Crippen molar-refractivity contribution in [3.8, 4) is 5.75 Å². The lowest BCUT2D eigenvalue weighted by Gasteiger charge is -2.33. The van der Waals surface area contributed by atoms with Crippen molar-refractivity contribution in [3.63, 3.8) is 0 Å². The smallest absolute Gasteiger partial charge is 0.337 e. The predicted molar refractivity (Wildman–Crippen MR) is 153 cm³/mol. The standard InChI is InChI=1S/C29H34ClFN4O7/c1-3-41-25-13-24(33-26-22(29(39)40-2)17-35(8-10-36)28(26)38)23(30)12-21(25)27(37)32-14-20-16-34(9-11-42-20)15-18-4-6-19(31)7-5-18/h4-7,12-13,20,33,36H,3,8-11,14-17H2,1-2H3,(H,32,37). The molecule has 0 spiro atoms. The molecule has 1 atom stereocenters. The number of rotatable bonds is 12. The number of hydrogen-bond acceptors (Lipinski definition) is 9. The van der Waals surface area contributed by atoms with Crippen molar-refractivity contribution in [2.24, 2.45) is 0 Å². The maximum atomic E-state index is 13.2. The quantitative estimate of drug-likeness (QED) is 0.312. The lowest BCUT2D eigenvalue weighted by atomic mass is 10.1. The van der Waals surface area contributed by atoms with Gasteiger partial charge in [-0.15, -0.1) is 0 Å². The normalized spacial score (nSPS) is 17.4. The summed E-state index contributed by atoms with van der Waals surface area (Å²) < 4.78 is 29.6. The van der Waals surface area contributed by atoms with E-state index in [4.69, 9.17) is 25.8 Å². The topological polar surface area (TPSA) is 130 Å². The Bertz CT molecular complexity index is 1340. The third kappa shape index (κ3) is 7.57. The Labute approximate surface area is 248 Å². The molecule has 0 saturated carbocycles. The largest absolute Gasteiger partial charge is 0.493 e. The molecule has 1 saturated heterocycles. The van der Waals surface area contributed by atoms with Gasteiger partial charge in [-0.2, -0.15) is 0 Å². The Balaban J connectivity index is 1.45. The first-order chi connectivity index (χ1) is 20.2. The van der Waals surface area contributed by atoms with E-state index in [1.54, 1.807) is 19.1 Å². The Morgan fingerprint density at radius 2 is 2.00 bits per heavy atom. The average molecular weight is 605 g/mol. The van der Waals surface area contributed by atoms with Gasteiger partial charge in [-0.3, -0.25) is 14.5 Å². The number of methoxy groups -OCH3 is 1. The number of benzene rings is 2. The molecule has 42 heavy (non-hydrogen) atoms. The lowest BCUT2D eigenvalue weighted by Crippen LogP contribution is -2.47. The Morgan fingerprint density at radius 1 is 1.24 bits per heavy atom. The summed E-state index contributed by atoms with van der Waals surface area (Å²) in [5.74, 6) is -1.67. The van der Waals surface area contributed by atoms with Gasteiger partial charge in [-0.1, -0.05) is 23.7 Å². The molecule has 2 heterocycles. The molecule has 1 fully saturated rings. The van der Waals surface area contributed by atoms with Gasteiger partial charge < -0.3 is 34.9 Å². The van der Waals surface area contributed by atoms with Gasteiger partial charge in [0, 0.05) is 38.8 Å². The second kappa shape index (κ2) is 14.5. The summed E-state index contributed by atoms with van der Waals surface area (Å²) in [5, 5.41) is 15.2. The molecule has 0 aliphatic carbocycles. The van der Waals surface area contributed by atoms with Crippen LogP contribution in [0.4, 0.5) is 10.1 Å². The number of amides is 2. The fourth-order valence-electron chi connectivity index (χ4n) is 4.78. The molecule has 226 valence electrons. The van der Waals surface area contributed by atoms with E-state index in [0.717, 1.165) is 12.1 Å². The summed E-state index contributed by atoms with van der Waals surface area (Å²) in [5.41, 5.74) is 1.48. The van der Waals surface area contributed by atoms with E-state index >= 15 is 0 Å². The zero-order chi connectivity index (χ0) is 30.2. The van der Waals surface area contributed by atoms with E-state index in [9.17, 15) is 23.9 Å². The molecule has 2 aromatic rings. The van der Waals surface area contributed by atoms with E-state index in [1.807, 2.05) is 0 Å². The van der Waals surface area contributed by atoms with Crippen LogP contribution in [0, 0.1) is 5.82 Å². The molecule has 1 unspecified atom stereocenters. The Morgan fingerprint density at radius 3 is 2.69 bits per heavy atom. The number of anilines is 1. The maximum Gasteiger partial charge on any atom is 0.337 e. The number of ether oxygens (including phenoxy) is 3. The minimum atomic E-state index is -0.690. The summed E-state index contributed by atoms with van der Waals surface area (Å²) in [6, 6.07) is 9.28. The third-order valence-corrected chi connectivity index (χ3v) is 7.17. The van der Waals surface area contributed by atoms with E-state index in [0.29, 0.717) is 19.7 Å². The van der Waals surface area contributed by atoms with Crippen molar-refractivity contribution in [2.75, 3.05) is 65.0 Å². The second-order valence-electron chi connectivity index (χ2n) is 9.75. The highest BCUT2D eigenvalue weighted by Crippen LogP contribution is 2.34. The third-order valence-electron chi connectivity index (χ3n) is 6.86. The predicted octanol–water partition coefficient (Wildman–Crippen LogP) is 2.18. The number of aliphatic hydroxyl groups is 1. The molecule has 0 radical (unpaired) electrons. The number of nitrogens with one attached hydrogen (secondary N) is 2. The number of nitrogens with zero attached hydrogens (tertiary/aromatic N) is 2. The van der Waals surface area contributed by atoms with Crippen LogP contribution in [0.1, 0.15) is 22.8 Å². The van der Waals surface area contributed by atoms with Crippen LogP contribution in [0.3, 0.4) is 0 Å². The van der Waals surface area contributed by atoms with Crippen molar-refractivity contribution in [3.05, 3.63) is 69.6 Å². The van der Waals surface area contributed by atoms with Gasteiger partial charge in [0.05, 0.1) is 61.4 Å². The van der Waals surface area contributed by atoms with E-state index in [-0.39, 0.29) is 78.1 Å². The second-order valence-corrected chi connectivity index (χ2v) is 10.2. The molecular formula is C29H34ClFN4O7. The van der Waals surface area contributed by atoms with Gasteiger partial charge >= 0.3 is 5.97 Å². The van der Waals surface area contributed by atoms with Crippen LogP contribution in [-0.4, -0.2) is 98.4 Å². The highest BCUT2D eigenvalue weighted by Gasteiger charge is 2.35. The fraction of sp³-hybridized carbons (Fsp3) is 0.414. The first-order valence-electron chi connectivity index (χ1n) is 13.6. The van der Waals surface area contributed by atoms with Crippen molar-refractivity contribution in [1.29, 1.82) is 0 Å². The SMILES string of the molecule is CCOc1cc(NC2=C(C(=O)OC)CN(CCO)C2=O)c(Cl)cc1C(=O)NCC1CN(Cc2ccc(F)cc2)CCO1. The summed E-state index contributed by atoms with van der Waals surface area (Å²) >= 11 is 6.53. The highest BCUT2D eigenvalue weighted by molar-refractivity contribution is 6.34. The maximum absolute atomic E-state index is 13.2. The molecule has 0 aromatic heterocycles. The highest BCUT2D eigenvalue weighted by atomic mass is 35.5. The van der Waals surface area contributed by atoms with Gasteiger partial charge in [0.25, 0.3) is 11.8 Å². The zero-order valence-electron chi connectivity index (χ0n) is 23.5. The molecule has 11 nitrogen and oxygen atoms in total. The van der Waals surface area contributed by atoms with Crippen LogP contribution in [0.15, 0.2) is 47.7 Å². The van der Waals surface area contributed by atoms with Crippen LogP contribution in [-0.2, 0) is 25.6 Å². The van der Waals surface area contributed by atoms with Crippen LogP contribution in [0.25, 0.3) is 0 Å². The number of esters is 1. The molecule has 2 aliphatic heterocycles. The van der Waals surface area contributed by atoms with Gasteiger partial charge in [0.2, 0.25) is 0 Å². The molecular weight excluding hydrogens is 571 g/mol. The first-order valence-corrected chi connectivity index (χ1v) is 13.9. The molecule has 13 heteroatoms. The molecule has 4 rings (SSSR count). The minimum absolute atomic E-state index is 0.0310. The molecule has 2 aromatic carbocycles. The van der Waals surface area contributed by atoms with Gasteiger partial charge in [0.15, 0.2) is 0 Å². The number of β-amino-alcohol motifs (C(OH)–C–C–N with tert-alkyl or cyclic N) is 1. The number of carbonyl (C=O) groups is 3. The van der Waals surface area contributed by atoms with Crippen molar-refractivity contribution in [1.82, 2.24) is 15.1 Å². The van der Waals surface area contributed by atoms with Crippen LogP contribution in [0.5, 0.6) is 5.75 Å². The number of aliphatic hydroxyl groups excluding tert-OH is 1. The number of hydrogen-bond donors (Lipinski definition) is 3. The first kappa shape index (κ1) is 31.2. The van der Waals surface area contributed by atoms with Crippen LogP contribution < -0.4 is 15.4 Å². The lowest BCUT2D eigenvalue weighted by molar-refractivity contribution is -0.136. The summed E-state index contributed by atoms with van der Waals surface area (Å²) in [6.45, 7) is 4.43. The average Bonchev–Trinajstić information content (AvgIpc) is 3.29. The molecule has 0 bridgehead atoms. The zero-order valence-corrected chi connectivity index (χ0v) is 24.2. The van der Waals surface area contributed by atoms with Crippen molar-refractivity contribution in [2.45, 2.75) is 19.6 Å². The van der Waals surface area contributed by atoms with E-state index < -0.39 is 17.8 Å². The van der Waals surface area contributed by atoms with Gasteiger partial charge in [0.1, 0.15) is 17.3 Å². The van der Waals surface area contributed by atoms with Gasteiger partial charge in [-0.25, -0.2) is 9.18 Å². The van der Waals surface area contributed by atoms with E-state index in [1.165, 1.54) is 36.3 Å². The molecule has 2 aliphatic rings. The molecule has 3 N–H and O–H groups in total. The number of morpholine rings is 1. The molecule has 2 amide bonds. The van der Waals surface area contributed by atoms with Crippen LogP contribution in [0.2, 0.25) is 5.02 Å². The number of carbonyl (C=O) groups excluding carboxylic acids is 3. The summed E-state index contributed by atoms with van der Waals surface area (Å²) in [4.78, 5) is 42.0.